The monoisotopic (exact) mass is 221 g/mol. The first-order chi connectivity index (χ1) is 5.81. The van der Waals surface area contributed by atoms with Gasteiger partial charge in [-0.15, -0.1) is 0 Å². The first-order valence-corrected chi connectivity index (χ1v) is 4.14. The standard InChI is InChI=1S/C8H4BrN3/c9-8-2-1-7-3-6(4-10)5-11-12(7)8/h1-3,5H. The fourth-order valence-electron chi connectivity index (χ4n) is 1.03. The molecule has 0 saturated carbocycles. The van der Waals surface area contributed by atoms with Crippen molar-refractivity contribution in [2.24, 2.45) is 0 Å². The van der Waals surface area contributed by atoms with Gasteiger partial charge in [-0.05, 0) is 34.1 Å². The lowest BCUT2D eigenvalue weighted by Crippen LogP contribution is -1.90. The van der Waals surface area contributed by atoms with Gasteiger partial charge in [0.25, 0.3) is 0 Å². The second-order valence-electron chi connectivity index (χ2n) is 2.35. The van der Waals surface area contributed by atoms with Crippen molar-refractivity contribution >= 4 is 21.4 Å². The van der Waals surface area contributed by atoms with Gasteiger partial charge in [0.2, 0.25) is 0 Å². The van der Waals surface area contributed by atoms with E-state index in [9.17, 15) is 0 Å². The maximum absolute atomic E-state index is 8.59. The summed E-state index contributed by atoms with van der Waals surface area (Å²) >= 11 is 3.33. The Labute approximate surface area is 77.4 Å². The molecular formula is C8H4BrN3. The molecule has 0 spiro atoms. The van der Waals surface area contributed by atoms with Gasteiger partial charge in [0.05, 0.1) is 17.3 Å². The summed E-state index contributed by atoms with van der Waals surface area (Å²) in [7, 11) is 0. The number of halogens is 1. The topological polar surface area (TPSA) is 41.1 Å². The minimum absolute atomic E-state index is 0.577. The Bertz CT molecular complexity index is 467. The highest BCUT2D eigenvalue weighted by Crippen LogP contribution is 2.14. The van der Waals surface area contributed by atoms with Gasteiger partial charge in [-0.2, -0.15) is 10.4 Å². The van der Waals surface area contributed by atoms with E-state index in [4.69, 9.17) is 5.26 Å². The van der Waals surface area contributed by atoms with Crippen LogP contribution in [0.3, 0.4) is 0 Å². The molecule has 0 bridgehead atoms. The van der Waals surface area contributed by atoms with Gasteiger partial charge < -0.3 is 0 Å². The Morgan fingerprint density at radius 2 is 2.33 bits per heavy atom. The van der Waals surface area contributed by atoms with Crippen LogP contribution in [0.2, 0.25) is 0 Å². The van der Waals surface area contributed by atoms with Crippen molar-refractivity contribution in [3.8, 4) is 6.07 Å². The predicted octanol–water partition coefficient (Wildman–Crippen LogP) is 1.97. The van der Waals surface area contributed by atoms with Crippen LogP contribution in [0.5, 0.6) is 0 Å². The Balaban J connectivity index is 2.80. The van der Waals surface area contributed by atoms with Gasteiger partial charge >= 0.3 is 0 Å². The summed E-state index contributed by atoms with van der Waals surface area (Å²) in [6.45, 7) is 0. The van der Waals surface area contributed by atoms with E-state index in [2.05, 4.69) is 21.0 Å². The number of hydrogen-bond donors (Lipinski definition) is 0. The normalized spacial score (nSPS) is 10.0. The van der Waals surface area contributed by atoms with Gasteiger partial charge in [0.1, 0.15) is 10.7 Å². The van der Waals surface area contributed by atoms with Gasteiger partial charge in [-0.1, -0.05) is 0 Å². The molecule has 2 heterocycles. The fraction of sp³-hybridized carbons (Fsp3) is 0. The lowest BCUT2D eigenvalue weighted by atomic mass is 10.3. The number of fused-ring (bicyclic) bond motifs is 1. The molecule has 0 aliphatic rings. The molecule has 4 heteroatoms. The van der Waals surface area contributed by atoms with E-state index < -0.39 is 0 Å². The van der Waals surface area contributed by atoms with Crippen LogP contribution in [0.4, 0.5) is 0 Å². The van der Waals surface area contributed by atoms with Gasteiger partial charge in [0, 0.05) is 0 Å². The maximum atomic E-state index is 8.59. The highest BCUT2D eigenvalue weighted by Gasteiger charge is 1.99. The van der Waals surface area contributed by atoms with Crippen molar-refractivity contribution < 1.29 is 0 Å². The number of rotatable bonds is 0. The lowest BCUT2D eigenvalue weighted by Gasteiger charge is -1.93. The van der Waals surface area contributed by atoms with Crippen molar-refractivity contribution in [2.45, 2.75) is 0 Å². The number of nitrogens with zero attached hydrogens (tertiary/aromatic N) is 3. The van der Waals surface area contributed by atoms with Gasteiger partial charge in [0.15, 0.2) is 0 Å². The summed E-state index contributed by atoms with van der Waals surface area (Å²) in [6, 6.07) is 7.62. The second-order valence-corrected chi connectivity index (χ2v) is 3.16. The third-order valence-corrected chi connectivity index (χ3v) is 2.18. The number of nitriles is 1. The van der Waals surface area contributed by atoms with Crippen LogP contribution < -0.4 is 0 Å². The third kappa shape index (κ3) is 0.990. The van der Waals surface area contributed by atoms with Gasteiger partial charge in [-0.25, -0.2) is 4.52 Å². The summed E-state index contributed by atoms with van der Waals surface area (Å²) in [5, 5.41) is 12.7. The molecule has 0 aliphatic carbocycles. The molecule has 12 heavy (non-hydrogen) atoms. The van der Waals surface area contributed by atoms with E-state index in [1.165, 1.54) is 6.20 Å². The third-order valence-electron chi connectivity index (χ3n) is 1.58. The molecule has 0 unspecified atom stereocenters. The zero-order valence-corrected chi connectivity index (χ0v) is 7.62. The van der Waals surface area contributed by atoms with E-state index in [0.717, 1.165) is 10.1 Å². The summed E-state index contributed by atoms with van der Waals surface area (Å²) in [6.07, 6.45) is 1.54. The molecule has 0 amide bonds. The van der Waals surface area contributed by atoms with E-state index in [1.54, 1.807) is 10.6 Å². The molecule has 0 aromatic carbocycles. The number of aromatic nitrogens is 2. The van der Waals surface area contributed by atoms with Crippen molar-refractivity contribution in [2.75, 3.05) is 0 Å². The van der Waals surface area contributed by atoms with Crippen LogP contribution in [0.25, 0.3) is 5.52 Å². The van der Waals surface area contributed by atoms with Crippen LogP contribution in [0.15, 0.2) is 29.0 Å². The summed E-state index contributed by atoms with van der Waals surface area (Å²) < 4.78 is 2.61. The van der Waals surface area contributed by atoms with Crippen molar-refractivity contribution in [3.05, 3.63) is 34.6 Å². The van der Waals surface area contributed by atoms with Crippen LogP contribution in [0.1, 0.15) is 5.56 Å². The molecule has 3 nitrogen and oxygen atoms in total. The van der Waals surface area contributed by atoms with Gasteiger partial charge in [-0.3, -0.25) is 0 Å². The zero-order valence-electron chi connectivity index (χ0n) is 6.03. The molecule has 2 aromatic heterocycles. The van der Waals surface area contributed by atoms with E-state index in [-0.39, 0.29) is 0 Å². The molecule has 2 rings (SSSR count). The Morgan fingerprint density at radius 3 is 3.08 bits per heavy atom. The largest absolute Gasteiger partial charge is 0.227 e. The maximum Gasteiger partial charge on any atom is 0.108 e. The molecule has 0 radical (unpaired) electrons. The van der Waals surface area contributed by atoms with Crippen LogP contribution >= 0.6 is 15.9 Å². The van der Waals surface area contributed by atoms with E-state index >= 15 is 0 Å². The van der Waals surface area contributed by atoms with Crippen molar-refractivity contribution in [1.29, 1.82) is 5.26 Å². The minimum atomic E-state index is 0.577. The van der Waals surface area contributed by atoms with E-state index in [0.29, 0.717) is 5.56 Å². The van der Waals surface area contributed by atoms with Crippen molar-refractivity contribution in [3.63, 3.8) is 0 Å². The molecule has 0 N–H and O–H groups in total. The summed E-state index contributed by atoms with van der Waals surface area (Å²) in [5.74, 6) is 0. The molecule has 58 valence electrons. The first kappa shape index (κ1) is 7.32. The van der Waals surface area contributed by atoms with Crippen LogP contribution in [-0.4, -0.2) is 9.61 Å². The molecule has 0 aliphatic heterocycles. The predicted molar refractivity (Wildman–Crippen MR) is 47.6 cm³/mol. The average molecular weight is 222 g/mol. The fourth-order valence-corrected chi connectivity index (χ4v) is 1.46. The van der Waals surface area contributed by atoms with Crippen molar-refractivity contribution in [1.82, 2.24) is 9.61 Å². The molecule has 0 atom stereocenters. The first-order valence-electron chi connectivity index (χ1n) is 3.34. The highest BCUT2D eigenvalue weighted by molar-refractivity contribution is 9.10. The Morgan fingerprint density at radius 1 is 1.50 bits per heavy atom. The smallest absolute Gasteiger partial charge is 0.108 e. The summed E-state index contributed by atoms with van der Waals surface area (Å²) in [5.41, 5.74) is 1.49. The average Bonchev–Trinajstić information content (AvgIpc) is 2.47. The molecule has 0 saturated heterocycles. The molecule has 0 fully saturated rings. The minimum Gasteiger partial charge on any atom is -0.227 e. The lowest BCUT2D eigenvalue weighted by molar-refractivity contribution is 0.916. The zero-order chi connectivity index (χ0) is 8.55. The molecular weight excluding hydrogens is 218 g/mol. The summed E-state index contributed by atoms with van der Waals surface area (Å²) in [4.78, 5) is 0. The SMILES string of the molecule is N#Cc1cnn2c(Br)ccc2c1. The van der Waals surface area contributed by atoms with Crippen LogP contribution in [0, 0.1) is 11.3 Å². The van der Waals surface area contributed by atoms with E-state index in [1.807, 2.05) is 18.2 Å². The quantitative estimate of drug-likeness (QED) is 0.683. The Hall–Kier alpha value is -1.34. The Kier molecular flexibility index (Phi) is 1.59. The second kappa shape index (κ2) is 2.61. The highest BCUT2D eigenvalue weighted by atomic mass is 79.9. The van der Waals surface area contributed by atoms with Crippen LogP contribution in [-0.2, 0) is 0 Å². The molecule has 2 aromatic rings. The number of hydrogen-bond acceptors (Lipinski definition) is 2.